The van der Waals surface area contributed by atoms with Gasteiger partial charge in [-0.25, -0.2) is 4.98 Å². The Morgan fingerprint density at radius 1 is 1.23 bits per heavy atom. The summed E-state index contributed by atoms with van der Waals surface area (Å²) < 4.78 is 5.37. The highest BCUT2D eigenvalue weighted by atomic mass is 16.5. The first-order valence-corrected chi connectivity index (χ1v) is 8.43. The maximum atomic E-state index is 5.37. The quantitative estimate of drug-likeness (QED) is 0.889. The van der Waals surface area contributed by atoms with Crippen LogP contribution in [-0.4, -0.2) is 67.4 Å². The Balaban J connectivity index is 1.48. The molecule has 22 heavy (non-hydrogen) atoms. The summed E-state index contributed by atoms with van der Waals surface area (Å²) >= 11 is 0. The third-order valence-corrected chi connectivity index (χ3v) is 4.55. The van der Waals surface area contributed by atoms with E-state index in [-0.39, 0.29) is 0 Å². The molecular formula is C16H27N5O. The normalized spacial score (nSPS) is 21.0. The zero-order valence-electron chi connectivity index (χ0n) is 13.5. The predicted octanol–water partition coefficient (Wildman–Crippen LogP) is 1.46. The van der Waals surface area contributed by atoms with Crippen LogP contribution in [0, 0.1) is 5.92 Å². The summed E-state index contributed by atoms with van der Waals surface area (Å²) in [5.41, 5.74) is 0. The Morgan fingerprint density at radius 3 is 2.77 bits per heavy atom. The molecule has 3 heterocycles. The van der Waals surface area contributed by atoms with Crippen LogP contribution in [0.1, 0.15) is 19.8 Å². The van der Waals surface area contributed by atoms with Crippen molar-refractivity contribution in [2.75, 3.05) is 62.7 Å². The van der Waals surface area contributed by atoms with Crippen molar-refractivity contribution in [1.82, 2.24) is 14.9 Å². The molecule has 0 radical (unpaired) electrons. The van der Waals surface area contributed by atoms with Crippen LogP contribution in [-0.2, 0) is 4.74 Å². The van der Waals surface area contributed by atoms with Crippen molar-refractivity contribution < 1.29 is 4.74 Å². The molecule has 2 aliphatic rings. The molecule has 122 valence electrons. The minimum atomic E-state index is 0.825. The number of nitrogens with zero attached hydrogens (tertiary/aromatic N) is 4. The molecule has 0 spiro atoms. The minimum absolute atomic E-state index is 0.825. The fourth-order valence-electron chi connectivity index (χ4n) is 2.97. The molecule has 2 saturated heterocycles. The first-order valence-electron chi connectivity index (χ1n) is 8.43. The van der Waals surface area contributed by atoms with E-state index < -0.39 is 0 Å². The average molecular weight is 305 g/mol. The van der Waals surface area contributed by atoms with E-state index in [2.05, 4.69) is 32.0 Å². The van der Waals surface area contributed by atoms with Crippen LogP contribution >= 0.6 is 0 Å². The molecule has 2 fully saturated rings. The Hall–Kier alpha value is -1.40. The highest BCUT2D eigenvalue weighted by Crippen LogP contribution is 2.20. The molecule has 0 aliphatic carbocycles. The molecule has 1 aromatic rings. The second kappa shape index (κ2) is 7.74. The smallest absolute Gasteiger partial charge is 0.227 e. The van der Waals surface area contributed by atoms with Gasteiger partial charge >= 0.3 is 0 Å². The van der Waals surface area contributed by atoms with Crippen molar-refractivity contribution in [3.05, 3.63) is 12.3 Å². The van der Waals surface area contributed by atoms with Crippen molar-refractivity contribution in [3.8, 4) is 0 Å². The number of anilines is 2. The molecule has 0 atom stereocenters. The number of hydrogen-bond donors (Lipinski definition) is 1. The molecule has 1 N–H and O–H groups in total. The SMILES string of the molecule is CC1CCN(c2nccc(NCCN3CCOCC3)n2)CC1. The summed E-state index contributed by atoms with van der Waals surface area (Å²) in [4.78, 5) is 13.8. The number of hydrogen-bond acceptors (Lipinski definition) is 6. The number of morpholine rings is 1. The summed E-state index contributed by atoms with van der Waals surface area (Å²) in [6.45, 7) is 10.2. The van der Waals surface area contributed by atoms with Gasteiger partial charge in [0.25, 0.3) is 0 Å². The lowest BCUT2D eigenvalue weighted by Crippen LogP contribution is -2.39. The molecule has 0 amide bonds. The fraction of sp³-hybridized carbons (Fsp3) is 0.750. The number of aromatic nitrogens is 2. The zero-order chi connectivity index (χ0) is 15.2. The van der Waals surface area contributed by atoms with E-state index in [9.17, 15) is 0 Å². The van der Waals surface area contributed by atoms with Gasteiger partial charge in [0.1, 0.15) is 5.82 Å². The number of ether oxygens (including phenoxy) is 1. The molecule has 0 bridgehead atoms. The summed E-state index contributed by atoms with van der Waals surface area (Å²) in [7, 11) is 0. The van der Waals surface area contributed by atoms with Gasteiger partial charge in [-0.15, -0.1) is 0 Å². The van der Waals surface area contributed by atoms with Crippen LogP contribution in [0.2, 0.25) is 0 Å². The van der Waals surface area contributed by atoms with Gasteiger partial charge in [0.2, 0.25) is 5.95 Å². The van der Waals surface area contributed by atoms with Crippen molar-refractivity contribution in [3.63, 3.8) is 0 Å². The highest BCUT2D eigenvalue weighted by Gasteiger charge is 2.18. The molecule has 2 aliphatic heterocycles. The van der Waals surface area contributed by atoms with Crippen LogP contribution in [0.15, 0.2) is 12.3 Å². The third kappa shape index (κ3) is 4.30. The zero-order valence-corrected chi connectivity index (χ0v) is 13.5. The number of nitrogens with one attached hydrogen (secondary N) is 1. The lowest BCUT2D eigenvalue weighted by Gasteiger charge is -2.30. The second-order valence-corrected chi connectivity index (χ2v) is 6.29. The molecule has 6 heteroatoms. The van der Waals surface area contributed by atoms with Crippen LogP contribution in [0.4, 0.5) is 11.8 Å². The van der Waals surface area contributed by atoms with Gasteiger partial charge in [-0.2, -0.15) is 4.98 Å². The van der Waals surface area contributed by atoms with E-state index in [4.69, 9.17) is 4.74 Å². The number of rotatable bonds is 5. The first-order chi connectivity index (χ1) is 10.8. The first kappa shape index (κ1) is 15.5. The van der Waals surface area contributed by atoms with Crippen molar-refractivity contribution >= 4 is 11.8 Å². The number of piperidine rings is 1. The van der Waals surface area contributed by atoms with Gasteiger partial charge in [-0.05, 0) is 24.8 Å². The summed E-state index contributed by atoms with van der Waals surface area (Å²) in [6.07, 6.45) is 4.33. The Morgan fingerprint density at radius 2 is 2.00 bits per heavy atom. The van der Waals surface area contributed by atoms with Gasteiger partial charge in [-0.1, -0.05) is 6.92 Å². The lowest BCUT2D eigenvalue weighted by molar-refractivity contribution is 0.0398. The Kier molecular flexibility index (Phi) is 5.45. The van der Waals surface area contributed by atoms with Crippen LogP contribution < -0.4 is 10.2 Å². The van der Waals surface area contributed by atoms with E-state index in [1.54, 1.807) is 0 Å². The third-order valence-electron chi connectivity index (χ3n) is 4.55. The van der Waals surface area contributed by atoms with E-state index in [1.165, 1.54) is 12.8 Å². The largest absolute Gasteiger partial charge is 0.379 e. The Bertz CT molecular complexity index is 456. The highest BCUT2D eigenvalue weighted by molar-refractivity contribution is 5.41. The second-order valence-electron chi connectivity index (χ2n) is 6.29. The molecule has 0 aromatic carbocycles. The van der Waals surface area contributed by atoms with Gasteiger partial charge < -0.3 is 15.0 Å². The molecule has 0 saturated carbocycles. The van der Waals surface area contributed by atoms with Crippen molar-refractivity contribution in [2.45, 2.75) is 19.8 Å². The predicted molar refractivity (Wildman–Crippen MR) is 88.4 cm³/mol. The summed E-state index contributed by atoms with van der Waals surface area (Å²) in [5.74, 6) is 2.62. The standard InChI is InChI=1S/C16H27N5O/c1-14-3-7-21(8-4-14)16-18-5-2-15(19-16)17-6-9-20-10-12-22-13-11-20/h2,5,14H,3-4,6-13H2,1H3,(H,17,18,19). The van der Waals surface area contributed by atoms with Crippen LogP contribution in [0.3, 0.4) is 0 Å². The average Bonchev–Trinajstić information content (AvgIpc) is 2.57. The van der Waals surface area contributed by atoms with E-state index in [0.717, 1.165) is 70.2 Å². The van der Waals surface area contributed by atoms with Crippen LogP contribution in [0.5, 0.6) is 0 Å². The minimum Gasteiger partial charge on any atom is -0.379 e. The van der Waals surface area contributed by atoms with Crippen molar-refractivity contribution in [1.29, 1.82) is 0 Å². The van der Waals surface area contributed by atoms with Gasteiger partial charge in [-0.3, -0.25) is 4.90 Å². The summed E-state index contributed by atoms with van der Waals surface area (Å²) in [6, 6.07) is 1.95. The molecular weight excluding hydrogens is 278 g/mol. The van der Waals surface area contributed by atoms with E-state index in [1.807, 2.05) is 12.3 Å². The van der Waals surface area contributed by atoms with Gasteiger partial charge in [0.15, 0.2) is 0 Å². The monoisotopic (exact) mass is 305 g/mol. The summed E-state index contributed by atoms with van der Waals surface area (Å²) in [5, 5.41) is 3.42. The Labute approximate surface area is 132 Å². The fourth-order valence-corrected chi connectivity index (χ4v) is 2.97. The molecule has 0 unspecified atom stereocenters. The maximum Gasteiger partial charge on any atom is 0.227 e. The van der Waals surface area contributed by atoms with Crippen LogP contribution in [0.25, 0.3) is 0 Å². The van der Waals surface area contributed by atoms with E-state index in [0.29, 0.717) is 0 Å². The van der Waals surface area contributed by atoms with Crippen molar-refractivity contribution in [2.24, 2.45) is 5.92 Å². The lowest BCUT2D eigenvalue weighted by atomic mass is 10.00. The maximum absolute atomic E-state index is 5.37. The van der Waals surface area contributed by atoms with Gasteiger partial charge in [0, 0.05) is 45.5 Å². The molecule has 3 rings (SSSR count). The van der Waals surface area contributed by atoms with Gasteiger partial charge in [0.05, 0.1) is 13.2 Å². The molecule has 1 aromatic heterocycles. The van der Waals surface area contributed by atoms with E-state index >= 15 is 0 Å². The topological polar surface area (TPSA) is 53.5 Å². The molecule has 6 nitrogen and oxygen atoms in total.